The zero-order chi connectivity index (χ0) is 20.5. The molecule has 0 aliphatic carbocycles. The molecule has 0 aromatic rings. The molecule has 0 aliphatic heterocycles. The summed E-state index contributed by atoms with van der Waals surface area (Å²) in [4.78, 5) is 10.8. The minimum absolute atomic E-state index is 0.440. The highest BCUT2D eigenvalue weighted by Crippen LogP contribution is 2.48. The minimum Gasteiger partial charge on any atom is -0.357 e. The number of carbonyl (C=O) groups excluding carboxylic acids is 1. The van der Waals surface area contributed by atoms with Gasteiger partial charge in [-0.2, -0.15) is 52.7 Å². The van der Waals surface area contributed by atoms with Crippen LogP contribution in [0.4, 0.5) is 52.7 Å². The summed E-state index contributed by atoms with van der Waals surface area (Å²) in [6.45, 7) is -3.24. The van der Waals surface area contributed by atoms with Gasteiger partial charge in [0.25, 0.3) is 5.91 Å². The van der Waals surface area contributed by atoms with E-state index in [9.17, 15) is 57.5 Å². The van der Waals surface area contributed by atoms with Gasteiger partial charge >= 0.3 is 30.5 Å². The van der Waals surface area contributed by atoms with Crippen LogP contribution in [-0.2, 0) is 14.3 Å². The second kappa shape index (κ2) is 7.05. The van der Waals surface area contributed by atoms with Gasteiger partial charge < -0.3 is 10.1 Å². The average molecular weight is 405 g/mol. The van der Waals surface area contributed by atoms with Crippen LogP contribution in [0.1, 0.15) is 0 Å². The molecular weight excluding hydrogens is 398 g/mol. The van der Waals surface area contributed by atoms with Gasteiger partial charge in [-0.15, -0.1) is 0 Å². The Morgan fingerprint density at radius 1 is 0.920 bits per heavy atom. The van der Waals surface area contributed by atoms with Gasteiger partial charge in [0, 0.05) is 7.05 Å². The van der Waals surface area contributed by atoms with Crippen LogP contribution >= 0.6 is 0 Å². The van der Waals surface area contributed by atoms with Crippen LogP contribution in [-0.4, -0.2) is 56.2 Å². The number of likely N-dealkylation sites (N-methyl/N-ethyl adjacent to an activating group) is 1. The van der Waals surface area contributed by atoms with E-state index >= 15 is 0 Å². The van der Waals surface area contributed by atoms with E-state index in [1.54, 1.807) is 0 Å². The Labute approximate surface area is 130 Å². The van der Waals surface area contributed by atoms with Crippen molar-refractivity contribution in [2.45, 2.75) is 36.6 Å². The third-order valence-corrected chi connectivity index (χ3v) is 2.22. The van der Waals surface area contributed by atoms with Crippen LogP contribution in [0.3, 0.4) is 0 Å². The van der Waals surface area contributed by atoms with Gasteiger partial charge in [-0.05, 0) is 0 Å². The molecule has 2 atom stereocenters. The summed E-state index contributed by atoms with van der Waals surface area (Å²) < 4.78 is 155. The first kappa shape index (κ1) is 23.5. The molecular formula is C9H7F12NO3. The first-order valence-corrected chi connectivity index (χ1v) is 5.59. The molecule has 0 aromatic heterocycles. The van der Waals surface area contributed by atoms with Gasteiger partial charge in [-0.3, -0.25) is 9.53 Å². The molecule has 2 unspecified atom stereocenters. The lowest BCUT2D eigenvalue weighted by Gasteiger charge is -2.35. The van der Waals surface area contributed by atoms with E-state index in [0.717, 1.165) is 5.32 Å². The fourth-order valence-corrected chi connectivity index (χ4v) is 1.14. The SMILES string of the molecule is CNC(=O)C(OC(F)(F)C(F)(OCC(F)(F)F)C(F)(F)F)C(F)(F)F. The van der Waals surface area contributed by atoms with E-state index in [4.69, 9.17) is 0 Å². The summed E-state index contributed by atoms with van der Waals surface area (Å²) in [5, 5.41) is 1.10. The van der Waals surface area contributed by atoms with Crippen molar-refractivity contribution in [3.05, 3.63) is 0 Å². The zero-order valence-electron chi connectivity index (χ0n) is 11.5. The monoisotopic (exact) mass is 405 g/mol. The summed E-state index contributed by atoms with van der Waals surface area (Å²) in [6.07, 6.45) is -29.8. The lowest BCUT2D eigenvalue weighted by molar-refractivity contribution is -0.476. The average Bonchev–Trinajstić information content (AvgIpc) is 2.37. The molecule has 16 heteroatoms. The second-order valence-corrected chi connectivity index (χ2v) is 4.17. The van der Waals surface area contributed by atoms with Gasteiger partial charge in [0.15, 0.2) is 0 Å². The summed E-state index contributed by atoms with van der Waals surface area (Å²) >= 11 is 0. The van der Waals surface area contributed by atoms with Gasteiger partial charge in [0.2, 0.25) is 6.10 Å². The van der Waals surface area contributed by atoms with Crippen molar-refractivity contribution in [3.8, 4) is 0 Å². The number of ether oxygens (including phenoxy) is 2. The van der Waals surface area contributed by atoms with Crippen LogP contribution < -0.4 is 5.32 Å². The Morgan fingerprint density at radius 2 is 1.36 bits per heavy atom. The third kappa shape index (κ3) is 5.79. The third-order valence-electron chi connectivity index (χ3n) is 2.22. The molecule has 0 spiro atoms. The molecule has 150 valence electrons. The van der Waals surface area contributed by atoms with Crippen molar-refractivity contribution in [1.29, 1.82) is 0 Å². The summed E-state index contributed by atoms with van der Waals surface area (Å²) in [5.74, 6) is -9.10. The van der Waals surface area contributed by atoms with E-state index in [1.165, 1.54) is 0 Å². The first-order valence-electron chi connectivity index (χ1n) is 5.59. The highest BCUT2D eigenvalue weighted by atomic mass is 19.4. The number of alkyl halides is 12. The minimum atomic E-state index is -6.96. The summed E-state index contributed by atoms with van der Waals surface area (Å²) in [6, 6.07) is 0. The fourth-order valence-electron chi connectivity index (χ4n) is 1.14. The molecule has 0 fully saturated rings. The highest BCUT2D eigenvalue weighted by molar-refractivity contribution is 5.81. The molecule has 0 saturated heterocycles. The standard InChI is InChI=1S/C9H7F12NO3/c1-22-4(23)3(6(13,14)15)25-9(20,21)7(16,8(17,18)19)24-2-5(10,11)12/h3H,2H2,1H3,(H,22,23). The highest BCUT2D eigenvalue weighted by Gasteiger charge is 2.76. The van der Waals surface area contributed by atoms with E-state index in [2.05, 4.69) is 9.47 Å². The topological polar surface area (TPSA) is 47.6 Å². The number of rotatable bonds is 6. The molecule has 0 saturated carbocycles. The maximum atomic E-state index is 13.5. The van der Waals surface area contributed by atoms with Crippen molar-refractivity contribution in [1.82, 2.24) is 5.32 Å². The van der Waals surface area contributed by atoms with Crippen LogP contribution in [0, 0.1) is 0 Å². The van der Waals surface area contributed by atoms with Crippen molar-refractivity contribution >= 4 is 5.91 Å². The Hall–Kier alpha value is -1.45. The molecule has 25 heavy (non-hydrogen) atoms. The Bertz CT molecular complexity index is 470. The van der Waals surface area contributed by atoms with Gasteiger partial charge in [0.05, 0.1) is 0 Å². The maximum Gasteiger partial charge on any atom is 0.457 e. The normalized spacial score (nSPS) is 17.8. The molecule has 0 radical (unpaired) electrons. The van der Waals surface area contributed by atoms with Crippen LogP contribution in [0.25, 0.3) is 0 Å². The largest absolute Gasteiger partial charge is 0.457 e. The van der Waals surface area contributed by atoms with Crippen molar-refractivity contribution in [2.24, 2.45) is 0 Å². The molecule has 4 nitrogen and oxygen atoms in total. The molecule has 1 N–H and O–H groups in total. The number of amides is 1. The van der Waals surface area contributed by atoms with E-state index in [1.807, 2.05) is 0 Å². The Morgan fingerprint density at radius 3 is 1.64 bits per heavy atom. The fraction of sp³-hybridized carbons (Fsp3) is 0.889. The van der Waals surface area contributed by atoms with Crippen molar-refractivity contribution in [2.75, 3.05) is 13.7 Å². The summed E-state index contributed by atoms with van der Waals surface area (Å²) in [5.41, 5.74) is 0. The van der Waals surface area contributed by atoms with E-state index in [-0.39, 0.29) is 0 Å². The van der Waals surface area contributed by atoms with Gasteiger partial charge in [-0.1, -0.05) is 0 Å². The van der Waals surface area contributed by atoms with Crippen LogP contribution in [0.15, 0.2) is 0 Å². The predicted molar refractivity (Wildman–Crippen MR) is 51.8 cm³/mol. The van der Waals surface area contributed by atoms with Crippen LogP contribution in [0.5, 0.6) is 0 Å². The lowest BCUT2D eigenvalue weighted by atomic mass is 10.2. The smallest absolute Gasteiger partial charge is 0.357 e. The number of carbonyl (C=O) groups is 1. The summed E-state index contributed by atoms with van der Waals surface area (Å²) in [7, 11) is 0.440. The van der Waals surface area contributed by atoms with Gasteiger partial charge in [0.1, 0.15) is 6.61 Å². The molecule has 0 aromatic carbocycles. The lowest BCUT2D eigenvalue weighted by Crippen LogP contribution is -2.62. The number of hydrogen-bond acceptors (Lipinski definition) is 3. The zero-order valence-corrected chi connectivity index (χ0v) is 11.5. The molecule has 0 heterocycles. The maximum absolute atomic E-state index is 13.5. The number of nitrogens with one attached hydrogen (secondary N) is 1. The first-order chi connectivity index (χ1) is 10.8. The van der Waals surface area contributed by atoms with E-state index in [0.29, 0.717) is 7.05 Å². The van der Waals surface area contributed by atoms with E-state index < -0.39 is 49.1 Å². The van der Waals surface area contributed by atoms with Crippen molar-refractivity contribution < 1.29 is 67.0 Å². The Balaban J connectivity index is 5.86. The van der Waals surface area contributed by atoms with Crippen LogP contribution in [0.2, 0.25) is 0 Å². The number of halogens is 12. The quantitative estimate of drug-likeness (QED) is 0.692. The second-order valence-electron chi connectivity index (χ2n) is 4.17. The number of hydrogen-bond donors (Lipinski definition) is 1. The van der Waals surface area contributed by atoms with Gasteiger partial charge in [-0.25, -0.2) is 0 Å². The predicted octanol–water partition coefficient (Wildman–Crippen LogP) is 3.08. The molecule has 1 amide bonds. The molecule has 0 bridgehead atoms. The molecule has 0 rings (SSSR count). The molecule has 0 aliphatic rings. The Kier molecular flexibility index (Phi) is 6.64. The van der Waals surface area contributed by atoms with Crippen molar-refractivity contribution in [3.63, 3.8) is 0 Å².